The number of anilines is 1. The van der Waals surface area contributed by atoms with Crippen molar-refractivity contribution in [1.82, 2.24) is 4.72 Å². The van der Waals surface area contributed by atoms with Gasteiger partial charge in [-0.15, -0.1) is 0 Å². The van der Waals surface area contributed by atoms with Gasteiger partial charge in [0, 0.05) is 5.69 Å². The Hall–Kier alpha value is -2.18. The summed E-state index contributed by atoms with van der Waals surface area (Å²) in [6.07, 6.45) is 0. The first-order valence-electron chi connectivity index (χ1n) is 7.22. The maximum atomic E-state index is 12.2. The topological polar surface area (TPSA) is 75.3 Å². The molecule has 5 nitrogen and oxygen atoms in total. The Balaban J connectivity index is 2.03. The summed E-state index contributed by atoms with van der Waals surface area (Å²) in [6.45, 7) is 5.25. The maximum Gasteiger partial charge on any atom is 0.241 e. The highest BCUT2D eigenvalue weighted by Crippen LogP contribution is 2.16. The number of amides is 1. The van der Waals surface area contributed by atoms with Crippen molar-refractivity contribution in [3.63, 3.8) is 0 Å². The Morgan fingerprint density at radius 2 is 1.70 bits per heavy atom. The second-order valence-corrected chi connectivity index (χ2v) is 7.19. The second-order valence-electron chi connectivity index (χ2n) is 5.46. The molecule has 0 atom stereocenters. The van der Waals surface area contributed by atoms with Gasteiger partial charge >= 0.3 is 0 Å². The summed E-state index contributed by atoms with van der Waals surface area (Å²) in [4.78, 5) is 12.2. The molecule has 0 aliphatic heterocycles. The molecule has 0 radical (unpaired) electrons. The third-order valence-corrected chi connectivity index (χ3v) is 5.02. The van der Waals surface area contributed by atoms with Crippen molar-refractivity contribution in [2.75, 3.05) is 11.9 Å². The molecule has 2 N–H and O–H groups in total. The van der Waals surface area contributed by atoms with E-state index in [9.17, 15) is 13.2 Å². The monoisotopic (exact) mass is 332 g/mol. The fourth-order valence-corrected chi connectivity index (χ4v) is 3.47. The molecular formula is C17H20N2O3S. The van der Waals surface area contributed by atoms with Gasteiger partial charge < -0.3 is 5.32 Å². The van der Waals surface area contributed by atoms with Crippen LogP contribution < -0.4 is 10.0 Å². The van der Waals surface area contributed by atoms with Gasteiger partial charge in [0.1, 0.15) is 0 Å². The van der Waals surface area contributed by atoms with Crippen molar-refractivity contribution in [2.24, 2.45) is 0 Å². The highest BCUT2D eigenvalue weighted by molar-refractivity contribution is 7.89. The molecule has 23 heavy (non-hydrogen) atoms. The molecule has 0 heterocycles. The normalized spacial score (nSPS) is 11.3. The molecule has 0 spiro atoms. The van der Waals surface area contributed by atoms with E-state index >= 15 is 0 Å². The van der Waals surface area contributed by atoms with Gasteiger partial charge in [-0.2, -0.15) is 0 Å². The molecular weight excluding hydrogens is 312 g/mol. The number of carbonyl (C=O) groups excluding carboxylic acids is 1. The van der Waals surface area contributed by atoms with Crippen LogP contribution >= 0.6 is 0 Å². The van der Waals surface area contributed by atoms with Crippen LogP contribution in [0.25, 0.3) is 0 Å². The van der Waals surface area contributed by atoms with E-state index in [1.54, 1.807) is 31.2 Å². The summed E-state index contributed by atoms with van der Waals surface area (Å²) in [5, 5.41) is 2.71. The van der Waals surface area contributed by atoms with E-state index in [1.807, 2.05) is 26.0 Å². The molecule has 0 fully saturated rings. The molecule has 2 aromatic rings. The zero-order chi connectivity index (χ0) is 17.0. The first kappa shape index (κ1) is 17.2. The van der Waals surface area contributed by atoms with Gasteiger partial charge in [-0.3, -0.25) is 4.79 Å². The SMILES string of the molecule is Cc1ccc(NC(=O)CNS(=O)(=O)c2ccccc2C)c(C)c1. The molecule has 0 aromatic heterocycles. The fourth-order valence-electron chi connectivity index (χ4n) is 2.24. The number of benzene rings is 2. The Morgan fingerprint density at radius 1 is 1.00 bits per heavy atom. The van der Waals surface area contributed by atoms with E-state index in [2.05, 4.69) is 10.0 Å². The number of hydrogen-bond acceptors (Lipinski definition) is 3. The summed E-state index contributed by atoms with van der Waals surface area (Å²) in [5.41, 5.74) is 3.34. The largest absolute Gasteiger partial charge is 0.325 e. The predicted molar refractivity (Wildman–Crippen MR) is 90.9 cm³/mol. The van der Waals surface area contributed by atoms with Crippen molar-refractivity contribution in [1.29, 1.82) is 0 Å². The highest BCUT2D eigenvalue weighted by Gasteiger charge is 2.17. The van der Waals surface area contributed by atoms with Gasteiger partial charge in [0.25, 0.3) is 0 Å². The lowest BCUT2D eigenvalue weighted by atomic mass is 10.1. The number of rotatable bonds is 5. The van der Waals surface area contributed by atoms with E-state index in [0.29, 0.717) is 11.3 Å². The minimum Gasteiger partial charge on any atom is -0.325 e. The molecule has 0 saturated carbocycles. The van der Waals surface area contributed by atoms with Gasteiger partial charge in [0.15, 0.2) is 0 Å². The van der Waals surface area contributed by atoms with Crippen LogP contribution in [0.3, 0.4) is 0 Å². The van der Waals surface area contributed by atoms with Gasteiger partial charge in [0.2, 0.25) is 15.9 Å². The maximum absolute atomic E-state index is 12.2. The molecule has 122 valence electrons. The quantitative estimate of drug-likeness (QED) is 0.883. The van der Waals surface area contributed by atoms with Crippen LogP contribution in [0.5, 0.6) is 0 Å². The summed E-state index contributed by atoms with van der Waals surface area (Å²) < 4.78 is 26.8. The van der Waals surface area contributed by atoms with Gasteiger partial charge in [0.05, 0.1) is 11.4 Å². The minimum atomic E-state index is -3.71. The number of sulfonamides is 1. The Kier molecular flexibility index (Phi) is 5.18. The van der Waals surface area contributed by atoms with Crippen LogP contribution in [0.2, 0.25) is 0 Å². The second kappa shape index (κ2) is 6.93. The zero-order valence-corrected chi connectivity index (χ0v) is 14.2. The Labute approximate surface area is 136 Å². The standard InChI is InChI=1S/C17H20N2O3S/c1-12-8-9-15(14(3)10-12)19-17(20)11-18-23(21,22)16-7-5-4-6-13(16)2/h4-10,18H,11H2,1-3H3,(H,19,20). The lowest BCUT2D eigenvalue weighted by Crippen LogP contribution is -2.33. The van der Waals surface area contributed by atoms with Crippen LogP contribution in [-0.2, 0) is 14.8 Å². The minimum absolute atomic E-state index is 0.180. The first-order chi connectivity index (χ1) is 10.8. The Morgan fingerprint density at radius 3 is 2.35 bits per heavy atom. The number of carbonyl (C=O) groups is 1. The molecule has 0 aliphatic rings. The van der Waals surface area contributed by atoms with Crippen LogP contribution in [0.4, 0.5) is 5.69 Å². The third kappa shape index (κ3) is 4.40. The average molecular weight is 332 g/mol. The van der Waals surface area contributed by atoms with E-state index in [4.69, 9.17) is 0 Å². The van der Waals surface area contributed by atoms with E-state index in [0.717, 1.165) is 11.1 Å². The van der Waals surface area contributed by atoms with Crippen LogP contribution in [0, 0.1) is 20.8 Å². The predicted octanol–water partition coefficient (Wildman–Crippen LogP) is 2.53. The summed E-state index contributed by atoms with van der Waals surface area (Å²) >= 11 is 0. The smallest absolute Gasteiger partial charge is 0.241 e. The van der Waals surface area contributed by atoms with Crippen molar-refractivity contribution in [3.05, 3.63) is 59.2 Å². The Bertz CT molecular complexity index is 829. The van der Waals surface area contributed by atoms with Crippen LogP contribution in [0.15, 0.2) is 47.4 Å². The fraction of sp³-hybridized carbons (Fsp3) is 0.235. The van der Waals surface area contributed by atoms with E-state index in [-0.39, 0.29) is 11.4 Å². The summed E-state index contributed by atoms with van der Waals surface area (Å²) in [5.74, 6) is -0.408. The average Bonchev–Trinajstić information content (AvgIpc) is 2.48. The highest BCUT2D eigenvalue weighted by atomic mass is 32.2. The zero-order valence-electron chi connectivity index (χ0n) is 13.4. The molecule has 0 saturated heterocycles. The molecule has 0 bridgehead atoms. The van der Waals surface area contributed by atoms with Crippen molar-refractivity contribution in [2.45, 2.75) is 25.7 Å². The lowest BCUT2D eigenvalue weighted by Gasteiger charge is -2.11. The number of aryl methyl sites for hydroxylation is 3. The van der Waals surface area contributed by atoms with Crippen molar-refractivity contribution >= 4 is 21.6 Å². The van der Waals surface area contributed by atoms with Crippen molar-refractivity contribution in [3.8, 4) is 0 Å². The number of nitrogens with one attached hydrogen (secondary N) is 2. The summed E-state index contributed by atoms with van der Waals surface area (Å²) in [7, 11) is -3.71. The lowest BCUT2D eigenvalue weighted by molar-refractivity contribution is -0.115. The van der Waals surface area contributed by atoms with Crippen LogP contribution in [0.1, 0.15) is 16.7 Å². The number of hydrogen-bond donors (Lipinski definition) is 2. The molecule has 6 heteroatoms. The van der Waals surface area contributed by atoms with Crippen LogP contribution in [-0.4, -0.2) is 20.9 Å². The van der Waals surface area contributed by atoms with Gasteiger partial charge in [-0.05, 0) is 44.0 Å². The van der Waals surface area contributed by atoms with Crippen molar-refractivity contribution < 1.29 is 13.2 Å². The van der Waals surface area contributed by atoms with Gasteiger partial charge in [-0.1, -0.05) is 35.9 Å². The molecule has 2 aromatic carbocycles. The first-order valence-corrected chi connectivity index (χ1v) is 8.70. The molecule has 0 aliphatic carbocycles. The third-order valence-electron chi connectivity index (χ3n) is 3.46. The summed E-state index contributed by atoms with van der Waals surface area (Å²) in [6, 6.07) is 12.3. The molecule has 0 unspecified atom stereocenters. The van der Waals surface area contributed by atoms with E-state index in [1.165, 1.54) is 6.07 Å². The molecule has 2 rings (SSSR count). The van der Waals surface area contributed by atoms with Gasteiger partial charge in [-0.25, -0.2) is 13.1 Å². The van der Waals surface area contributed by atoms with E-state index < -0.39 is 15.9 Å². The molecule has 1 amide bonds.